The summed E-state index contributed by atoms with van der Waals surface area (Å²) in [4.78, 5) is 13.7. The lowest BCUT2D eigenvalue weighted by Gasteiger charge is -2.17. The van der Waals surface area contributed by atoms with Crippen LogP contribution in [-0.2, 0) is 0 Å². The van der Waals surface area contributed by atoms with Gasteiger partial charge in [-0.2, -0.15) is 0 Å². The molecule has 2 N–H and O–H groups in total. The van der Waals surface area contributed by atoms with Crippen LogP contribution in [0.1, 0.15) is 69.3 Å². The van der Waals surface area contributed by atoms with Crippen LogP contribution in [0, 0.1) is 0 Å². The van der Waals surface area contributed by atoms with E-state index in [9.17, 15) is 15.0 Å². The Balaban J connectivity index is 2.58. The van der Waals surface area contributed by atoms with Crippen LogP contribution >= 0.6 is 0 Å². The van der Waals surface area contributed by atoms with E-state index in [2.05, 4.69) is 0 Å². The van der Waals surface area contributed by atoms with E-state index in [0.717, 1.165) is 25.7 Å². The normalized spacial score (nSPS) is 10.6. The molecule has 0 amide bonds. The van der Waals surface area contributed by atoms with Crippen molar-refractivity contribution in [1.82, 2.24) is 0 Å². The zero-order valence-electron chi connectivity index (χ0n) is 19.4. The van der Waals surface area contributed by atoms with Crippen molar-refractivity contribution in [1.29, 1.82) is 0 Å². The Hall–Kier alpha value is -3.09. The predicted molar refractivity (Wildman–Crippen MR) is 123 cm³/mol. The van der Waals surface area contributed by atoms with E-state index in [0.29, 0.717) is 26.4 Å². The Kier molecular flexibility index (Phi) is 9.98. The van der Waals surface area contributed by atoms with Crippen molar-refractivity contribution < 1.29 is 34.0 Å². The van der Waals surface area contributed by atoms with Crippen LogP contribution in [0.4, 0.5) is 0 Å². The maximum Gasteiger partial charge on any atom is 0.200 e. The minimum Gasteiger partial charge on any atom is -0.504 e. The van der Waals surface area contributed by atoms with E-state index in [1.54, 1.807) is 0 Å². The molecule has 0 atom stereocenters. The highest BCUT2D eigenvalue weighted by atomic mass is 16.5. The first-order valence-electron chi connectivity index (χ1n) is 11.3. The fraction of sp³-hybridized carbons (Fsp3) is 0.480. The van der Waals surface area contributed by atoms with Crippen LogP contribution < -0.4 is 18.9 Å². The van der Waals surface area contributed by atoms with Crippen molar-refractivity contribution in [3.8, 4) is 34.5 Å². The maximum atomic E-state index is 13.7. The molecule has 176 valence electrons. The monoisotopic (exact) mass is 446 g/mol. The van der Waals surface area contributed by atoms with Crippen molar-refractivity contribution >= 4 is 5.78 Å². The first-order chi connectivity index (χ1) is 15.5. The number of carbonyl (C=O) groups excluding carboxylic acids is 1. The number of rotatable bonds is 14. The topological polar surface area (TPSA) is 94.5 Å². The number of phenolic OH excluding ortho intramolecular Hbond substituents is 2. The lowest BCUT2D eigenvalue weighted by molar-refractivity contribution is 0.103. The minimum absolute atomic E-state index is 0.0961. The molecule has 0 aliphatic heterocycles. The fourth-order valence-electron chi connectivity index (χ4n) is 2.92. The zero-order chi connectivity index (χ0) is 23.5. The molecular weight excluding hydrogens is 412 g/mol. The quantitative estimate of drug-likeness (QED) is 0.371. The third kappa shape index (κ3) is 6.45. The summed E-state index contributed by atoms with van der Waals surface area (Å²) in [5, 5.41) is 20.7. The summed E-state index contributed by atoms with van der Waals surface area (Å²) in [7, 11) is 0. The number of hydrogen-bond acceptors (Lipinski definition) is 7. The molecule has 0 unspecified atom stereocenters. The number of aromatic hydroxyl groups is 2. The molecule has 0 bridgehead atoms. The molecule has 2 aromatic rings. The molecule has 0 aliphatic rings. The second kappa shape index (κ2) is 12.7. The minimum atomic E-state index is -0.384. The molecule has 0 radical (unpaired) electrons. The standard InChI is InChI=1S/C25H34O7/c1-5-9-29-21-15-19(26)23(31-11-7-3)13-17(21)25(28)18-14-24(32-12-8-4)20(27)16-22(18)30-10-6-2/h13-16,26-27H,5-12H2,1-4H3. The van der Waals surface area contributed by atoms with Gasteiger partial charge in [-0.15, -0.1) is 0 Å². The Labute approximate surface area is 189 Å². The average molecular weight is 447 g/mol. The van der Waals surface area contributed by atoms with Crippen LogP contribution in [0.25, 0.3) is 0 Å². The SMILES string of the molecule is CCCOc1cc(C(=O)c2cc(OCCC)c(O)cc2OCCC)c(OCCC)cc1O. The third-order valence-electron chi connectivity index (χ3n) is 4.46. The molecule has 0 heterocycles. The Morgan fingerprint density at radius 1 is 0.594 bits per heavy atom. The largest absolute Gasteiger partial charge is 0.504 e. The highest BCUT2D eigenvalue weighted by Crippen LogP contribution is 2.39. The van der Waals surface area contributed by atoms with Gasteiger partial charge >= 0.3 is 0 Å². The Morgan fingerprint density at radius 3 is 1.22 bits per heavy atom. The van der Waals surface area contributed by atoms with Gasteiger partial charge in [0.25, 0.3) is 0 Å². The van der Waals surface area contributed by atoms with Crippen LogP contribution in [0.3, 0.4) is 0 Å². The second-order valence-electron chi connectivity index (χ2n) is 7.36. The van der Waals surface area contributed by atoms with Gasteiger partial charge in [0.1, 0.15) is 11.5 Å². The summed E-state index contributed by atoms with van der Waals surface area (Å²) < 4.78 is 22.7. The smallest absolute Gasteiger partial charge is 0.200 e. The van der Waals surface area contributed by atoms with Gasteiger partial charge in [0.05, 0.1) is 37.6 Å². The van der Waals surface area contributed by atoms with Gasteiger partial charge in [-0.25, -0.2) is 0 Å². The van der Waals surface area contributed by atoms with Crippen molar-refractivity contribution in [3.05, 3.63) is 35.4 Å². The van der Waals surface area contributed by atoms with E-state index >= 15 is 0 Å². The number of carbonyl (C=O) groups is 1. The number of ether oxygens (including phenoxy) is 4. The summed E-state index contributed by atoms with van der Waals surface area (Å²) in [5.41, 5.74) is 0.465. The molecule has 32 heavy (non-hydrogen) atoms. The molecule has 0 saturated heterocycles. The lowest BCUT2D eigenvalue weighted by Crippen LogP contribution is -2.10. The van der Waals surface area contributed by atoms with Crippen molar-refractivity contribution in [2.75, 3.05) is 26.4 Å². The van der Waals surface area contributed by atoms with Crippen LogP contribution in [0.5, 0.6) is 34.5 Å². The molecule has 0 aliphatic carbocycles. The number of ketones is 1. The van der Waals surface area contributed by atoms with Gasteiger partial charge in [0.15, 0.2) is 23.0 Å². The zero-order valence-corrected chi connectivity index (χ0v) is 19.4. The summed E-state index contributed by atoms with van der Waals surface area (Å²) >= 11 is 0. The van der Waals surface area contributed by atoms with Crippen molar-refractivity contribution in [3.63, 3.8) is 0 Å². The van der Waals surface area contributed by atoms with Gasteiger partial charge in [0, 0.05) is 12.1 Å². The molecule has 0 saturated carbocycles. The highest BCUT2D eigenvalue weighted by molar-refractivity contribution is 6.13. The molecule has 2 aromatic carbocycles. The molecule has 0 spiro atoms. The molecule has 0 aromatic heterocycles. The third-order valence-corrected chi connectivity index (χ3v) is 4.46. The van der Waals surface area contributed by atoms with E-state index in [1.165, 1.54) is 24.3 Å². The van der Waals surface area contributed by atoms with E-state index in [4.69, 9.17) is 18.9 Å². The van der Waals surface area contributed by atoms with Gasteiger partial charge in [0.2, 0.25) is 5.78 Å². The summed E-state index contributed by atoms with van der Waals surface area (Å²) in [6.45, 7) is 9.37. The summed E-state index contributed by atoms with van der Waals surface area (Å²) in [5.74, 6) is 0.340. The van der Waals surface area contributed by atoms with Gasteiger partial charge in [-0.1, -0.05) is 27.7 Å². The fourth-order valence-corrected chi connectivity index (χ4v) is 2.92. The van der Waals surface area contributed by atoms with Crippen LogP contribution in [0.2, 0.25) is 0 Å². The molecule has 7 nitrogen and oxygen atoms in total. The van der Waals surface area contributed by atoms with Crippen LogP contribution in [-0.4, -0.2) is 42.4 Å². The van der Waals surface area contributed by atoms with Crippen molar-refractivity contribution in [2.45, 2.75) is 53.4 Å². The lowest BCUT2D eigenvalue weighted by atomic mass is 10.00. The number of hydrogen-bond donors (Lipinski definition) is 2. The first kappa shape index (κ1) is 25.2. The van der Waals surface area contributed by atoms with E-state index in [1.807, 2.05) is 27.7 Å². The van der Waals surface area contributed by atoms with E-state index in [-0.39, 0.29) is 51.4 Å². The maximum absolute atomic E-state index is 13.7. The Bertz CT molecular complexity index is 821. The molecule has 2 rings (SSSR count). The van der Waals surface area contributed by atoms with Gasteiger partial charge in [-0.3, -0.25) is 4.79 Å². The summed E-state index contributed by atoms with van der Waals surface area (Å²) in [6, 6.07) is 5.77. The number of phenols is 2. The predicted octanol–water partition coefficient (Wildman–Crippen LogP) is 5.48. The molecule has 7 heteroatoms. The average Bonchev–Trinajstić information content (AvgIpc) is 2.79. The van der Waals surface area contributed by atoms with Crippen molar-refractivity contribution in [2.24, 2.45) is 0 Å². The molecule has 0 fully saturated rings. The van der Waals surface area contributed by atoms with Gasteiger partial charge in [-0.05, 0) is 37.8 Å². The van der Waals surface area contributed by atoms with Crippen LogP contribution in [0.15, 0.2) is 24.3 Å². The Morgan fingerprint density at radius 2 is 0.906 bits per heavy atom. The number of benzene rings is 2. The highest BCUT2D eigenvalue weighted by Gasteiger charge is 2.24. The van der Waals surface area contributed by atoms with E-state index < -0.39 is 0 Å². The first-order valence-corrected chi connectivity index (χ1v) is 11.3. The van der Waals surface area contributed by atoms with Gasteiger partial charge < -0.3 is 29.2 Å². The molecular formula is C25H34O7. The summed E-state index contributed by atoms with van der Waals surface area (Å²) in [6.07, 6.45) is 2.98. The second-order valence-corrected chi connectivity index (χ2v) is 7.36.